The molecule has 1 heterocycles. The molecule has 2 aromatic rings. The maximum atomic E-state index is 11.4. The van der Waals surface area contributed by atoms with Gasteiger partial charge in [0.1, 0.15) is 0 Å². The van der Waals surface area contributed by atoms with Gasteiger partial charge in [-0.05, 0) is 19.9 Å². The zero-order valence-corrected chi connectivity index (χ0v) is 9.97. The molecule has 88 valence electrons. The van der Waals surface area contributed by atoms with Gasteiger partial charge < -0.3 is 10.3 Å². The zero-order chi connectivity index (χ0) is 12.4. The van der Waals surface area contributed by atoms with Crippen LogP contribution in [0.3, 0.4) is 0 Å². The minimum Gasteiger partial charge on any atom is -0.366 e. The highest BCUT2D eigenvalue weighted by Gasteiger charge is 2.12. The van der Waals surface area contributed by atoms with E-state index in [4.69, 9.17) is 5.73 Å². The molecule has 1 aromatic heterocycles. The summed E-state index contributed by atoms with van der Waals surface area (Å²) in [5, 5.41) is 0. The Balaban J connectivity index is 2.54. The summed E-state index contributed by atoms with van der Waals surface area (Å²) in [6, 6.07) is 5.63. The first-order valence-electron chi connectivity index (χ1n) is 5.54. The molecule has 0 saturated carbocycles. The first-order valence-corrected chi connectivity index (χ1v) is 5.54. The van der Waals surface area contributed by atoms with Gasteiger partial charge in [-0.25, -0.2) is 4.98 Å². The third-order valence-electron chi connectivity index (χ3n) is 2.71. The number of carbonyl (C=O) groups is 1. The topological polar surface area (TPSA) is 60.9 Å². The largest absolute Gasteiger partial charge is 0.366 e. The van der Waals surface area contributed by atoms with Crippen molar-refractivity contribution in [3.8, 4) is 11.3 Å². The van der Waals surface area contributed by atoms with Crippen molar-refractivity contribution < 1.29 is 4.79 Å². The molecule has 1 aromatic carbocycles. The van der Waals surface area contributed by atoms with Crippen molar-refractivity contribution >= 4 is 5.91 Å². The Kier molecular flexibility index (Phi) is 2.95. The van der Waals surface area contributed by atoms with Crippen molar-refractivity contribution in [3.05, 3.63) is 41.9 Å². The van der Waals surface area contributed by atoms with Gasteiger partial charge in [0.15, 0.2) is 0 Å². The Labute approximate surface area is 100 Å². The average molecular weight is 229 g/mol. The van der Waals surface area contributed by atoms with E-state index in [1.54, 1.807) is 12.4 Å². The van der Waals surface area contributed by atoms with Crippen molar-refractivity contribution in [3.63, 3.8) is 0 Å². The number of amides is 1. The monoisotopic (exact) mass is 229 g/mol. The third-order valence-corrected chi connectivity index (χ3v) is 2.71. The summed E-state index contributed by atoms with van der Waals surface area (Å²) in [6.45, 7) is 4.82. The van der Waals surface area contributed by atoms with Gasteiger partial charge >= 0.3 is 0 Å². The van der Waals surface area contributed by atoms with Crippen molar-refractivity contribution in [2.45, 2.75) is 20.4 Å². The summed E-state index contributed by atoms with van der Waals surface area (Å²) < 4.78 is 1.96. The number of imidazole rings is 1. The van der Waals surface area contributed by atoms with Crippen LogP contribution in [0.15, 0.2) is 30.7 Å². The van der Waals surface area contributed by atoms with Crippen LogP contribution in [-0.2, 0) is 6.54 Å². The minimum absolute atomic E-state index is 0.422. The lowest BCUT2D eigenvalue weighted by Crippen LogP contribution is -2.12. The molecular formula is C13H15N3O. The molecule has 0 spiro atoms. The molecule has 0 unspecified atom stereocenters. The van der Waals surface area contributed by atoms with E-state index in [9.17, 15) is 4.79 Å². The van der Waals surface area contributed by atoms with E-state index in [0.717, 1.165) is 23.4 Å². The van der Waals surface area contributed by atoms with E-state index in [-0.39, 0.29) is 0 Å². The minimum atomic E-state index is -0.422. The molecule has 2 N–H and O–H groups in total. The molecule has 0 radical (unpaired) electrons. The molecule has 1 amide bonds. The van der Waals surface area contributed by atoms with E-state index in [0.29, 0.717) is 5.56 Å². The lowest BCUT2D eigenvalue weighted by molar-refractivity contribution is 0.100. The number of nitrogens with two attached hydrogens (primary N) is 1. The smallest absolute Gasteiger partial charge is 0.249 e. The van der Waals surface area contributed by atoms with Crippen LogP contribution < -0.4 is 5.73 Å². The first-order chi connectivity index (χ1) is 8.11. The van der Waals surface area contributed by atoms with E-state index in [1.165, 1.54) is 0 Å². The van der Waals surface area contributed by atoms with Crippen LogP contribution in [0.25, 0.3) is 11.3 Å². The molecule has 0 aliphatic carbocycles. The van der Waals surface area contributed by atoms with Gasteiger partial charge in [-0.3, -0.25) is 4.79 Å². The van der Waals surface area contributed by atoms with Gasteiger partial charge in [0.05, 0.1) is 12.0 Å². The van der Waals surface area contributed by atoms with Crippen molar-refractivity contribution in [1.82, 2.24) is 9.55 Å². The zero-order valence-electron chi connectivity index (χ0n) is 9.97. The molecule has 0 aliphatic rings. The number of carbonyl (C=O) groups excluding carboxylic acids is 1. The maximum Gasteiger partial charge on any atom is 0.249 e. The van der Waals surface area contributed by atoms with Crippen LogP contribution in [0.5, 0.6) is 0 Å². The normalized spacial score (nSPS) is 10.5. The molecular weight excluding hydrogens is 214 g/mol. The average Bonchev–Trinajstić information content (AvgIpc) is 2.77. The summed E-state index contributed by atoms with van der Waals surface area (Å²) >= 11 is 0. The van der Waals surface area contributed by atoms with E-state index < -0.39 is 5.91 Å². The Morgan fingerprint density at radius 2 is 2.24 bits per heavy atom. The second kappa shape index (κ2) is 4.41. The number of benzene rings is 1. The lowest BCUT2D eigenvalue weighted by atomic mass is 10.0. The summed E-state index contributed by atoms with van der Waals surface area (Å²) in [6.07, 6.45) is 3.66. The van der Waals surface area contributed by atoms with E-state index in [2.05, 4.69) is 4.98 Å². The fraction of sp³-hybridized carbons (Fsp3) is 0.231. The van der Waals surface area contributed by atoms with Crippen molar-refractivity contribution in [2.24, 2.45) is 5.73 Å². The molecule has 4 heteroatoms. The predicted octanol–water partition coefficient (Wildman–Crippen LogP) is 1.98. The second-order valence-corrected chi connectivity index (χ2v) is 4.00. The van der Waals surface area contributed by atoms with Crippen molar-refractivity contribution in [2.75, 3.05) is 0 Å². The highest BCUT2D eigenvalue weighted by molar-refractivity contribution is 5.99. The van der Waals surface area contributed by atoms with E-state index >= 15 is 0 Å². The highest BCUT2D eigenvalue weighted by Crippen LogP contribution is 2.22. The molecule has 0 saturated heterocycles. The Morgan fingerprint density at radius 3 is 2.82 bits per heavy atom. The van der Waals surface area contributed by atoms with Gasteiger partial charge in [-0.1, -0.05) is 17.7 Å². The van der Waals surface area contributed by atoms with Crippen LogP contribution in [-0.4, -0.2) is 15.5 Å². The third kappa shape index (κ3) is 2.20. The number of hydrogen-bond acceptors (Lipinski definition) is 2. The van der Waals surface area contributed by atoms with E-state index in [1.807, 2.05) is 36.7 Å². The van der Waals surface area contributed by atoms with Gasteiger partial charge in [-0.2, -0.15) is 0 Å². The predicted molar refractivity (Wildman–Crippen MR) is 66.6 cm³/mol. The Bertz CT molecular complexity index is 558. The molecule has 4 nitrogen and oxygen atoms in total. The number of rotatable bonds is 3. The summed E-state index contributed by atoms with van der Waals surface area (Å²) in [5.74, 6) is -0.422. The Hall–Kier alpha value is -2.10. The number of hydrogen-bond donors (Lipinski definition) is 1. The molecule has 2 rings (SSSR count). The second-order valence-electron chi connectivity index (χ2n) is 4.00. The fourth-order valence-corrected chi connectivity index (χ4v) is 1.76. The fourth-order valence-electron chi connectivity index (χ4n) is 1.76. The number of aryl methyl sites for hydroxylation is 2. The molecule has 17 heavy (non-hydrogen) atoms. The maximum absolute atomic E-state index is 11.4. The molecule has 0 fully saturated rings. The summed E-state index contributed by atoms with van der Waals surface area (Å²) in [4.78, 5) is 15.7. The van der Waals surface area contributed by atoms with Crippen LogP contribution in [0.4, 0.5) is 0 Å². The molecule has 0 bridgehead atoms. The van der Waals surface area contributed by atoms with Gasteiger partial charge in [0, 0.05) is 23.9 Å². The number of primary amides is 1. The number of aromatic nitrogens is 2. The molecule has 0 aliphatic heterocycles. The van der Waals surface area contributed by atoms with Gasteiger partial charge in [-0.15, -0.1) is 0 Å². The lowest BCUT2D eigenvalue weighted by Gasteiger charge is -2.05. The standard InChI is InChI=1S/C13H15N3O/c1-3-16-7-12(15-8-16)10-5-4-9(2)6-11(10)13(14)17/h4-8H,3H2,1-2H3,(H2,14,17). The van der Waals surface area contributed by atoms with Crippen LogP contribution in [0, 0.1) is 6.92 Å². The quantitative estimate of drug-likeness (QED) is 0.874. The molecule has 0 atom stereocenters. The first kappa shape index (κ1) is 11.4. The summed E-state index contributed by atoms with van der Waals surface area (Å²) in [7, 11) is 0. The summed E-state index contributed by atoms with van der Waals surface area (Å²) in [5.41, 5.74) is 8.48. The van der Waals surface area contributed by atoms with Gasteiger partial charge in [0.25, 0.3) is 0 Å². The van der Waals surface area contributed by atoms with Gasteiger partial charge in [0.2, 0.25) is 5.91 Å². The van der Waals surface area contributed by atoms with Crippen LogP contribution in [0.2, 0.25) is 0 Å². The van der Waals surface area contributed by atoms with Crippen molar-refractivity contribution in [1.29, 1.82) is 0 Å². The SMILES string of the molecule is CCn1cnc(-c2ccc(C)cc2C(N)=O)c1. The van der Waals surface area contributed by atoms with Crippen LogP contribution >= 0.6 is 0 Å². The highest BCUT2D eigenvalue weighted by atomic mass is 16.1. The van der Waals surface area contributed by atoms with Crippen LogP contribution in [0.1, 0.15) is 22.8 Å². The Morgan fingerprint density at radius 1 is 1.47 bits per heavy atom. The number of nitrogens with zero attached hydrogens (tertiary/aromatic N) is 2.